The van der Waals surface area contributed by atoms with Gasteiger partial charge in [-0.1, -0.05) is 28.1 Å². The number of rotatable bonds is 5. The van der Waals surface area contributed by atoms with Gasteiger partial charge in [-0.05, 0) is 49.4 Å². The van der Waals surface area contributed by atoms with Gasteiger partial charge in [0.25, 0.3) is 11.5 Å². The Balaban J connectivity index is 1.43. The van der Waals surface area contributed by atoms with Crippen LogP contribution in [-0.2, 0) is 10.2 Å². The molecule has 1 aliphatic heterocycles. The Hall–Kier alpha value is -2.78. The highest BCUT2D eigenvalue weighted by atomic mass is 79.9. The second-order valence-electron chi connectivity index (χ2n) is 8.54. The number of amides is 1. The van der Waals surface area contributed by atoms with E-state index in [0.29, 0.717) is 31.0 Å². The van der Waals surface area contributed by atoms with Gasteiger partial charge in [-0.25, -0.2) is 9.78 Å². The van der Waals surface area contributed by atoms with Crippen LogP contribution < -0.4 is 16.6 Å². The molecule has 2 aliphatic rings. The summed E-state index contributed by atoms with van der Waals surface area (Å²) in [4.78, 5) is 44.3. The van der Waals surface area contributed by atoms with Crippen molar-refractivity contribution in [1.82, 2.24) is 19.9 Å². The molecule has 0 atom stereocenters. The number of fused-ring (bicyclic) bond motifs is 1. The maximum absolute atomic E-state index is 13.0. The monoisotopic (exact) mass is 498 g/mol. The summed E-state index contributed by atoms with van der Waals surface area (Å²) in [5.41, 5.74) is 0.556. The summed E-state index contributed by atoms with van der Waals surface area (Å²) in [7, 11) is 0. The topological polar surface area (TPSA) is 106 Å². The third-order valence-electron chi connectivity index (χ3n) is 6.43. The van der Waals surface area contributed by atoms with E-state index in [-0.39, 0.29) is 22.8 Å². The number of halogens is 1. The average Bonchev–Trinajstić information content (AvgIpc) is 3.63. The summed E-state index contributed by atoms with van der Waals surface area (Å²) in [6.07, 6.45) is 4.80. The molecule has 0 radical (unpaired) electrons. The van der Waals surface area contributed by atoms with E-state index in [0.717, 1.165) is 35.7 Å². The first-order valence-corrected chi connectivity index (χ1v) is 11.5. The molecule has 1 amide bonds. The van der Waals surface area contributed by atoms with E-state index in [1.165, 1.54) is 16.8 Å². The molecule has 32 heavy (non-hydrogen) atoms. The van der Waals surface area contributed by atoms with E-state index >= 15 is 0 Å². The van der Waals surface area contributed by atoms with Crippen LogP contribution in [0.2, 0.25) is 0 Å². The maximum atomic E-state index is 13.0. The van der Waals surface area contributed by atoms with Crippen molar-refractivity contribution in [2.45, 2.75) is 37.1 Å². The van der Waals surface area contributed by atoms with Crippen molar-refractivity contribution in [2.24, 2.45) is 0 Å². The molecular formula is C23H23BrN4O4. The Kier molecular flexibility index (Phi) is 5.46. The number of carbonyl (C=O) groups is 1. The fourth-order valence-corrected chi connectivity index (χ4v) is 4.83. The first-order valence-electron chi connectivity index (χ1n) is 10.7. The van der Waals surface area contributed by atoms with Crippen LogP contribution in [0.25, 0.3) is 11.0 Å². The van der Waals surface area contributed by atoms with Crippen LogP contribution in [0.5, 0.6) is 0 Å². The first kappa shape index (κ1) is 21.1. The molecule has 1 saturated carbocycles. The largest absolute Gasteiger partial charge is 0.381 e. The quantitative estimate of drug-likeness (QED) is 0.562. The standard InChI is InChI=1S/C23H23BrN4O4/c24-16-3-1-2-15(11-16)23(6-8-32-9-7-23)13-26-20(29)14-10-18-19(25-12-14)28(17-4-5-17)22(31)27-21(18)30/h1-3,10-12,17H,4-9,13H2,(H,26,29)(H,27,30,31). The van der Waals surface area contributed by atoms with Gasteiger partial charge in [0, 0.05) is 41.9 Å². The van der Waals surface area contributed by atoms with Gasteiger partial charge in [0.2, 0.25) is 0 Å². The first-order chi connectivity index (χ1) is 15.5. The SMILES string of the molecule is O=C(NCC1(c2cccc(Br)c2)CCOCC1)c1cnc2c(c1)c(=O)[nH]c(=O)n2C1CC1. The van der Waals surface area contributed by atoms with Crippen molar-refractivity contribution in [3.63, 3.8) is 0 Å². The third kappa shape index (κ3) is 3.91. The Labute approximate surface area is 192 Å². The lowest BCUT2D eigenvalue weighted by molar-refractivity contribution is 0.0487. The van der Waals surface area contributed by atoms with Gasteiger partial charge in [0.05, 0.1) is 10.9 Å². The Bertz CT molecular complexity index is 1310. The minimum atomic E-state index is -0.529. The third-order valence-corrected chi connectivity index (χ3v) is 6.92. The number of nitrogens with zero attached hydrogens (tertiary/aromatic N) is 2. The molecule has 3 heterocycles. The van der Waals surface area contributed by atoms with Crippen LogP contribution in [0, 0.1) is 0 Å². The molecule has 5 rings (SSSR count). The lowest BCUT2D eigenvalue weighted by Crippen LogP contribution is -2.44. The highest BCUT2D eigenvalue weighted by Gasteiger charge is 2.35. The molecule has 3 aromatic rings. The van der Waals surface area contributed by atoms with Crippen LogP contribution in [-0.4, -0.2) is 40.2 Å². The smallest absolute Gasteiger partial charge is 0.330 e. The number of hydrogen-bond acceptors (Lipinski definition) is 5. The average molecular weight is 499 g/mol. The lowest BCUT2D eigenvalue weighted by Gasteiger charge is -2.38. The Morgan fingerprint density at radius 3 is 2.75 bits per heavy atom. The van der Waals surface area contributed by atoms with Crippen molar-refractivity contribution >= 4 is 32.9 Å². The Morgan fingerprint density at radius 2 is 2.03 bits per heavy atom. The molecule has 1 saturated heterocycles. The summed E-state index contributed by atoms with van der Waals surface area (Å²) in [5.74, 6) is -0.302. The zero-order valence-corrected chi connectivity index (χ0v) is 19.0. The number of pyridine rings is 1. The number of aromatic amines is 1. The van der Waals surface area contributed by atoms with Gasteiger partial charge in [-0.3, -0.25) is 19.1 Å². The minimum absolute atomic E-state index is 0.0626. The van der Waals surface area contributed by atoms with Crippen molar-refractivity contribution < 1.29 is 9.53 Å². The van der Waals surface area contributed by atoms with Crippen LogP contribution in [0.3, 0.4) is 0 Å². The number of carbonyl (C=O) groups excluding carboxylic acids is 1. The van der Waals surface area contributed by atoms with E-state index in [9.17, 15) is 14.4 Å². The Morgan fingerprint density at radius 1 is 1.25 bits per heavy atom. The molecule has 0 spiro atoms. The summed E-state index contributed by atoms with van der Waals surface area (Å²) in [5, 5.41) is 3.29. The van der Waals surface area contributed by atoms with Crippen LogP contribution in [0.4, 0.5) is 0 Å². The predicted molar refractivity (Wildman–Crippen MR) is 123 cm³/mol. The summed E-state index contributed by atoms with van der Waals surface area (Å²) in [6, 6.07) is 9.73. The van der Waals surface area contributed by atoms with Crippen LogP contribution in [0.15, 0.2) is 50.6 Å². The molecular weight excluding hydrogens is 476 g/mol. The predicted octanol–water partition coefficient (Wildman–Crippen LogP) is 2.66. The van der Waals surface area contributed by atoms with Gasteiger partial charge >= 0.3 is 5.69 Å². The second-order valence-corrected chi connectivity index (χ2v) is 9.46. The van der Waals surface area contributed by atoms with Crippen molar-refractivity contribution in [3.8, 4) is 0 Å². The van der Waals surface area contributed by atoms with E-state index in [1.807, 2.05) is 12.1 Å². The van der Waals surface area contributed by atoms with Gasteiger partial charge in [0.1, 0.15) is 5.65 Å². The highest BCUT2D eigenvalue weighted by molar-refractivity contribution is 9.10. The number of aromatic nitrogens is 3. The van der Waals surface area contributed by atoms with E-state index in [1.54, 1.807) is 0 Å². The molecule has 9 heteroatoms. The number of hydrogen-bond donors (Lipinski definition) is 2. The van der Waals surface area contributed by atoms with Crippen molar-refractivity contribution in [3.05, 3.63) is 73.0 Å². The molecule has 1 aromatic carbocycles. The molecule has 8 nitrogen and oxygen atoms in total. The fraction of sp³-hybridized carbons (Fsp3) is 0.391. The molecule has 2 N–H and O–H groups in total. The van der Waals surface area contributed by atoms with Gasteiger partial charge in [-0.15, -0.1) is 0 Å². The highest BCUT2D eigenvalue weighted by Crippen LogP contribution is 2.36. The number of ether oxygens (including phenoxy) is 1. The zero-order valence-electron chi connectivity index (χ0n) is 17.4. The molecule has 0 unspecified atom stereocenters. The lowest BCUT2D eigenvalue weighted by atomic mass is 9.74. The molecule has 166 valence electrons. The van der Waals surface area contributed by atoms with Crippen LogP contribution in [0.1, 0.15) is 47.6 Å². The van der Waals surface area contributed by atoms with Crippen LogP contribution >= 0.6 is 15.9 Å². The van der Waals surface area contributed by atoms with Gasteiger partial charge in [-0.2, -0.15) is 0 Å². The summed E-state index contributed by atoms with van der Waals surface area (Å²) in [6.45, 7) is 1.71. The number of benzene rings is 1. The number of nitrogens with one attached hydrogen (secondary N) is 2. The van der Waals surface area contributed by atoms with E-state index in [4.69, 9.17) is 4.74 Å². The van der Waals surface area contributed by atoms with Gasteiger partial charge in [0.15, 0.2) is 0 Å². The number of H-pyrrole nitrogens is 1. The summed E-state index contributed by atoms with van der Waals surface area (Å²) < 4.78 is 8.08. The summed E-state index contributed by atoms with van der Waals surface area (Å²) >= 11 is 3.54. The van der Waals surface area contributed by atoms with E-state index < -0.39 is 11.2 Å². The second kappa shape index (κ2) is 8.29. The zero-order chi connectivity index (χ0) is 22.3. The molecule has 2 fully saturated rings. The van der Waals surface area contributed by atoms with Crippen molar-refractivity contribution in [2.75, 3.05) is 19.8 Å². The van der Waals surface area contributed by atoms with Gasteiger partial charge < -0.3 is 10.1 Å². The molecule has 2 aromatic heterocycles. The molecule has 1 aliphatic carbocycles. The van der Waals surface area contributed by atoms with Crippen molar-refractivity contribution in [1.29, 1.82) is 0 Å². The minimum Gasteiger partial charge on any atom is -0.381 e. The van der Waals surface area contributed by atoms with E-state index in [2.05, 4.69) is 43.3 Å². The normalized spacial score (nSPS) is 17.9. The molecule has 0 bridgehead atoms. The maximum Gasteiger partial charge on any atom is 0.330 e. The fourth-order valence-electron chi connectivity index (χ4n) is 4.43.